The summed E-state index contributed by atoms with van der Waals surface area (Å²) in [5.74, 6) is -5.91. The number of nitrogens with zero attached hydrogens (tertiary/aromatic N) is 4. The van der Waals surface area contributed by atoms with Crippen LogP contribution in [0.3, 0.4) is 0 Å². The van der Waals surface area contributed by atoms with Gasteiger partial charge in [0, 0.05) is 0 Å². The van der Waals surface area contributed by atoms with Gasteiger partial charge in [0.15, 0.2) is 0 Å². The summed E-state index contributed by atoms with van der Waals surface area (Å²) in [5.41, 5.74) is -2.08. The summed E-state index contributed by atoms with van der Waals surface area (Å²) in [4.78, 5) is 24.4. The van der Waals surface area contributed by atoms with Gasteiger partial charge in [-0.25, -0.2) is 0 Å². The third-order valence-corrected chi connectivity index (χ3v) is 5.69. The van der Waals surface area contributed by atoms with E-state index in [1.807, 2.05) is 0 Å². The third kappa shape index (κ3) is 5.68. The van der Waals surface area contributed by atoms with E-state index >= 15 is 0 Å². The summed E-state index contributed by atoms with van der Waals surface area (Å²) in [7, 11) is 0. The number of Topliss-reactive ketones (excluding diaryl/α,β-unsaturated/α-hetero) is 2. The Labute approximate surface area is 222 Å². The van der Waals surface area contributed by atoms with Gasteiger partial charge in [0.05, 0.1) is 0 Å². The number of rotatable bonds is 8. The molecule has 4 aromatic rings. The average Bonchev–Trinajstić information content (AvgIpc) is 3.39. The number of hydrogen-bond acceptors (Lipinski definition) is 6. The molecule has 0 saturated heterocycles. The summed E-state index contributed by atoms with van der Waals surface area (Å²) in [6, 6.07) is 15.4. The molecule has 4 rings (SSSR count). The number of aryl methyl sites for hydroxylation is 2. The van der Waals surface area contributed by atoms with Gasteiger partial charge >= 0.3 is 223 Å². The number of aromatic nitrogens is 4. The zero-order valence-corrected chi connectivity index (χ0v) is 20.7. The molecular formula is C24H16CuF6N4O4. The molecule has 209 valence electrons. The molecular weight excluding hydrogens is 586 g/mol. The number of carbonyl (C=O) groups excluding carboxylic acids is 2. The van der Waals surface area contributed by atoms with E-state index < -0.39 is 46.8 Å². The van der Waals surface area contributed by atoms with Gasteiger partial charge in [-0.1, -0.05) is 0 Å². The molecule has 0 aliphatic heterocycles. The molecule has 0 bridgehead atoms. The van der Waals surface area contributed by atoms with Crippen LogP contribution in [0, 0.1) is 13.8 Å². The Kier molecular flexibility index (Phi) is 7.57. The molecule has 2 heterocycles. The fraction of sp³-hybridized carbons (Fsp3) is 0.167. The van der Waals surface area contributed by atoms with Crippen LogP contribution in [0.25, 0.3) is 11.4 Å². The van der Waals surface area contributed by atoms with E-state index in [9.17, 15) is 35.9 Å². The van der Waals surface area contributed by atoms with Crippen LogP contribution in [-0.4, -0.2) is 43.5 Å². The Bertz CT molecular complexity index is 1400. The Morgan fingerprint density at radius 3 is 1.31 bits per heavy atom. The van der Waals surface area contributed by atoms with Gasteiger partial charge in [0.2, 0.25) is 0 Å². The molecule has 0 unspecified atom stereocenters. The molecule has 0 N–H and O–H groups in total. The Morgan fingerprint density at radius 1 is 0.667 bits per heavy atom. The predicted molar refractivity (Wildman–Crippen MR) is 119 cm³/mol. The second kappa shape index (κ2) is 10.6. The van der Waals surface area contributed by atoms with Gasteiger partial charge in [0.25, 0.3) is 0 Å². The van der Waals surface area contributed by atoms with E-state index in [4.69, 9.17) is 7.64 Å². The summed E-state index contributed by atoms with van der Waals surface area (Å²) in [5, 5.41) is 7.94. The molecule has 0 atom stereocenters. The molecule has 0 fully saturated rings. The molecule has 0 aliphatic carbocycles. The van der Waals surface area contributed by atoms with E-state index in [0.29, 0.717) is 0 Å². The van der Waals surface area contributed by atoms with Gasteiger partial charge in [-0.15, -0.1) is 0 Å². The number of ketones is 2. The minimum absolute atomic E-state index is 0.0443. The van der Waals surface area contributed by atoms with Crippen LogP contribution >= 0.6 is 0 Å². The van der Waals surface area contributed by atoms with Crippen molar-refractivity contribution in [3.63, 3.8) is 0 Å². The topological polar surface area (TPSA) is 88.2 Å². The third-order valence-electron chi connectivity index (χ3n) is 5.17. The molecule has 0 spiro atoms. The van der Waals surface area contributed by atoms with Crippen LogP contribution in [-0.2, 0) is 15.6 Å². The Morgan fingerprint density at radius 2 is 1.00 bits per heavy atom. The first kappa shape index (κ1) is 27.9. The van der Waals surface area contributed by atoms with E-state index in [0.717, 1.165) is 23.2 Å². The molecule has 0 amide bonds. The summed E-state index contributed by atoms with van der Waals surface area (Å²) in [6.07, 6.45) is -10.6. The summed E-state index contributed by atoms with van der Waals surface area (Å²) < 4.78 is 92.6. The second-order valence-corrected chi connectivity index (χ2v) is 8.39. The van der Waals surface area contributed by atoms with Crippen molar-refractivity contribution in [3.05, 3.63) is 83.2 Å². The van der Waals surface area contributed by atoms with E-state index in [1.54, 1.807) is 36.4 Å². The summed E-state index contributed by atoms with van der Waals surface area (Å²) >= 11 is 0.0443. The summed E-state index contributed by atoms with van der Waals surface area (Å²) in [6.45, 7) is 2.31. The van der Waals surface area contributed by atoms with Crippen molar-refractivity contribution in [3.8, 4) is 23.1 Å². The van der Waals surface area contributed by atoms with E-state index in [2.05, 4.69) is 10.2 Å². The number of benzene rings is 2. The standard InChI is InChI=1S/2C12H9F3N2O2.Cu/c2*1-7-9(10(18)12(13,14)15)11(19)17(16-7)8-5-3-2-4-6-8;/h2*2-6,19H,1H3;/q;;+2/p-2. The van der Waals surface area contributed by atoms with Crippen LogP contribution in [0.15, 0.2) is 60.7 Å². The van der Waals surface area contributed by atoms with Crippen LogP contribution in [0.4, 0.5) is 26.3 Å². The minimum atomic E-state index is -5.28. The quantitative estimate of drug-likeness (QED) is 0.150. The number of carbonyl (C=O) groups is 2. The number of halogens is 6. The number of alkyl halides is 6. The first-order valence-corrected chi connectivity index (χ1v) is 11.5. The second-order valence-electron chi connectivity index (χ2n) is 7.85. The van der Waals surface area contributed by atoms with Crippen LogP contribution < -0.4 is 7.64 Å². The molecule has 8 nitrogen and oxygen atoms in total. The zero-order chi connectivity index (χ0) is 28.5. The van der Waals surface area contributed by atoms with Crippen LogP contribution in [0.5, 0.6) is 11.8 Å². The van der Waals surface area contributed by atoms with Crippen molar-refractivity contribution in [1.29, 1.82) is 0 Å². The van der Waals surface area contributed by atoms with Gasteiger partial charge in [-0.05, 0) is 0 Å². The molecule has 2 aromatic carbocycles. The van der Waals surface area contributed by atoms with Gasteiger partial charge in [0.1, 0.15) is 0 Å². The van der Waals surface area contributed by atoms with E-state index in [-0.39, 0.29) is 38.4 Å². The SMILES string of the molecule is Cc1nn(-c2ccccc2)c([O][Cu][O]c2c(C(=O)C(F)(F)F)c(C)nn2-c2ccccc2)c1C(=O)C(F)(F)F. The van der Waals surface area contributed by atoms with Crippen LogP contribution in [0.1, 0.15) is 32.1 Å². The van der Waals surface area contributed by atoms with Crippen molar-refractivity contribution in [1.82, 2.24) is 19.6 Å². The monoisotopic (exact) mass is 601 g/mol. The van der Waals surface area contributed by atoms with Gasteiger partial charge in [-0.2, -0.15) is 0 Å². The van der Waals surface area contributed by atoms with Crippen molar-refractivity contribution in [2.24, 2.45) is 0 Å². The van der Waals surface area contributed by atoms with Crippen molar-refractivity contribution in [2.75, 3.05) is 0 Å². The fourth-order valence-electron chi connectivity index (χ4n) is 3.48. The van der Waals surface area contributed by atoms with Crippen molar-refractivity contribution >= 4 is 11.6 Å². The number of para-hydroxylation sites is 2. The average molecular weight is 602 g/mol. The first-order valence-electron chi connectivity index (χ1n) is 10.8. The van der Waals surface area contributed by atoms with E-state index in [1.165, 1.54) is 24.3 Å². The predicted octanol–water partition coefficient (Wildman–Crippen LogP) is 5.54. The normalized spacial score (nSPS) is 12.0. The molecule has 15 heteroatoms. The maximum atomic E-state index is 13.4. The molecule has 39 heavy (non-hydrogen) atoms. The molecule has 0 saturated carbocycles. The molecule has 0 aliphatic rings. The first-order chi connectivity index (χ1) is 18.3. The van der Waals surface area contributed by atoms with Gasteiger partial charge in [-0.3, -0.25) is 0 Å². The molecule has 0 radical (unpaired) electrons. The van der Waals surface area contributed by atoms with Crippen molar-refractivity contribution < 1.29 is 59.2 Å². The molecule has 2 aromatic heterocycles. The Balaban J connectivity index is 1.76. The van der Waals surface area contributed by atoms with Crippen molar-refractivity contribution in [2.45, 2.75) is 26.2 Å². The Hall–Kier alpha value is -4.10. The maximum absolute atomic E-state index is 13.4. The number of hydrogen-bond donors (Lipinski definition) is 0. The van der Waals surface area contributed by atoms with Crippen LogP contribution in [0.2, 0.25) is 0 Å². The fourth-order valence-corrected chi connectivity index (χ4v) is 4.02. The van der Waals surface area contributed by atoms with Gasteiger partial charge < -0.3 is 0 Å². The zero-order valence-electron chi connectivity index (χ0n) is 19.8.